The van der Waals surface area contributed by atoms with Gasteiger partial charge in [-0.2, -0.15) is 5.26 Å². The van der Waals surface area contributed by atoms with E-state index in [1.807, 2.05) is 6.92 Å². The predicted molar refractivity (Wildman–Crippen MR) is 71.5 cm³/mol. The first-order chi connectivity index (χ1) is 9.67. The van der Waals surface area contributed by atoms with Crippen LogP contribution in [0.4, 0.5) is 4.39 Å². The summed E-state index contributed by atoms with van der Waals surface area (Å²) in [5.41, 5.74) is 5.89. The Morgan fingerprint density at radius 3 is 2.80 bits per heavy atom. The summed E-state index contributed by atoms with van der Waals surface area (Å²) in [5.74, 6) is 0.0959. The van der Waals surface area contributed by atoms with Gasteiger partial charge >= 0.3 is 0 Å². The van der Waals surface area contributed by atoms with Gasteiger partial charge in [0.1, 0.15) is 29.0 Å². The normalized spacial score (nSPS) is 13.5. The molecule has 0 fully saturated rings. The van der Waals surface area contributed by atoms with Gasteiger partial charge in [-0.05, 0) is 30.7 Å². The minimum absolute atomic E-state index is 0.132. The van der Waals surface area contributed by atoms with Crippen LogP contribution in [-0.4, -0.2) is 6.04 Å². The van der Waals surface area contributed by atoms with Crippen LogP contribution in [0.5, 0.6) is 5.75 Å². The molecule has 0 bridgehead atoms. The summed E-state index contributed by atoms with van der Waals surface area (Å²) < 4.78 is 24.6. The first-order valence-corrected chi connectivity index (χ1v) is 6.31. The fourth-order valence-corrected chi connectivity index (χ4v) is 1.87. The Labute approximate surface area is 116 Å². The number of hydrogen-bond donors (Lipinski definition) is 1. The van der Waals surface area contributed by atoms with Crippen LogP contribution in [-0.2, 0) is 0 Å². The van der Waals surface area contributed by atoms with Gasteiger partial charge in [0.05, 0.1) is 6.26 Å². The molecule has 0 aliphatic carbocycles. The molecule has 5 heteroatoms. The van der Waals surface area contributed by atoms with Crippen molar-refractivity contribution in [2.75, 3.05) is 0 Å². The van der Waals surface area contributed by atoms with Gasteiger partial charge in [-0.3, -0.25) is 0 Å². The highest BCUT2D eigenvalue weighted by molar-refractivity contribution is 5.44. The molecule has 1 heterocycles. The van der Waals surface area contributed by atoms with Crippen LogP contribution >= 0.6 is 0 Å². The zero-order valence-electron chi connectivity index (χ0n) is 11.0. The van der Waals surface area contributed by atoms with Gasteiger partial charge < -0.3 is 14.9 Å². The van der Waals surface area contributed by atoms with Crippen molar-refractivity contribution in [1.82, 2.24) is 0 Å². The van der Waals surface area contributed by atoms with E-state index < -0.39 is 11.9 Å². The van der Waals surface area contributed by atoms with Gasteiger partial charge in [-0.15, -0.1) is 0 Å². The van der Waals surface area contributed by atoms with Gasteiger partial charge in [0.25, 0.3) is 0 Å². The molecule has 0 saturated carbocycles. The lowest BCUT2D eigenvalue weighted by Gasteiger charge is -2.23. The summed E-state index contributed by atoms with van der Waals surface area (Å²) in [6, 6.07) is 9.19. The molecular formula is C15H15FN2O2. The van der Waals surface area contributed by atoms with Crippen LogP contribution in [0.1, 0.15) is 30.8 Å². The lowest BCUT2D eigenvalue weighted by Crippen LogP contribution is -2.31. The second kappa shape index (κ2) is 6.22. The molecule has 2 N–H and O–H groups in total. The van der Waals surface area contributed by atoms with E-state index in [1.165, 1.54) is 18.4 Å². The van der Waals surface area contributed by atoms with Gasteiger partial charge in [-0.1, -0.05) is 13.0 Å². The van der Waals surface area contributed by atoms with Gasteiger partial charge in [-0.25, -0.2) is 4.39 Å². The Morgan fingerprint density at radius 2 is 2.20 bits per heavy atom. The number of ether oxygens (including phenoxy) is 1. The van der Waals surface area contributed by atoms with Crippen molar-refractivity contribution in [3.8, 4) is 11.8 Å². The molecule has 20 heavy (non-hydrogen) atoms. The molecule has 0 spiro atoms. The van der Waals surface area contributed by atoms with Crippen molar-refractivity contribution in [3.63, 3.8) is 0 Å². The molecule has 0 saturated heterocycles. The standard InChI is InChI=1S/C15H15FN2O2/c1-2-12(18)15(14-7-4-8-19-14)20-13-6-3-5-11(16)10(13)9-17/h3-8,12,15H,2,18H2,1H3. The molecule has 2 rings (SSSR count). The van der Waals surface area contributed by atoms with Crippen LogP contribution in [0.15, 0.2) is 41.0 Å². The van der Waals surface area contributed by atoms with Crippen molar-refractivity contribution < 1.29 is 13.5 Å². The van der Waals surface area contributed by atoms with E-state index in [2.05, 4.69) is 0 Å². The molecule has 0 amide bonds. The molecule has 4 nitrogen and oxygen atoms in total. The largest absolute Gasteiger partial charge is 0.479 e. The number of halogens is 1. The van der Waals surface area contributed by atoms with E-state index in [0.29, 0.717) is 12.2 Å². The average Bonchev–Trinajstić information content (AvgIpc) is 2.98. The number of benzene rings is 1. The van der Waals surface area contributed by atoms with Crippen LogP contribution in [0, 0.1) is 17.1 Å². The van der Waals surface area contributed by atoms with Crippen molar-refractivity contribution in [2.45, 2.75) is 25.5 Å². The number of hydrogen-bond acceptors (Lipinski definition) is 4. The van der Waals surface area contributed by atoms with E-state index in [-0.39, 0.29) is 17.4 Å². The molecule has 1 aromatic carbocycles. The van der Waals surface area contributed by atoms with Crippen molar-refractivity contribution in [2.24, 2.45) is 5.73 Å². The maximum atomic E-state index is 13.6. The van der Waals surface area contributed by atoms with E-state index in [1.54, 1.807) is 24.3 Å². The minimum Gasteiger partial charge on any atom is -0.479 e. The molecular weight excluding hydrogens is 259 g/mol. The highest BCUT2D eigenvalue weighted by atomic mass is 19.1. The van der Waals surface area contributed by atoms with Crippen LogP contribution in [0.3, 0.4) is 0 Å². The average molecular weight is 274 g/mol. The van der Waals surface area contributed by atoms with E-state index in [4.69, 9.17) is 20.1 Å². The Morgan fingerprint density at radius 1 is 1.40 bits per heavy atom. The second-order valence-electron chi connectivity index (χ2n) is 4.35. The summed E-state index contributed by atoms with van der Waals surface area (Å²) in [6.07, 6.45) is 1.61. The smallest absolute Gasteiger partial charge is 0.171 e. The molecule has 104 valence electrons. The van der Waals surface area contributed by atoms with Crippen molar-refractivity contribution in [1.29, 1.82) is 5.26 Å². The zero-order chi connectivity index (χ0) is 14.5. The SMILES string of the molecule is CCC(N)C(Oc1cccc(F)c1C#N)c1ccco1. The maximum absolute atomic E-state index is 13.6. The van der Waals surface area contributed by atoms with Gasteiger partial charge in [0, 0.05) is 6.04 Å². The topological polar surface area (TPSA) is 72.2 Å². The summed E-state index contributed by atoms with van der Waals surface area (Å²) in [4.78, 5) is 0. The third-order valence-electron chi connectivity index (χ3n) is 3.02. The first-order valence-electron chi connectivity index (χ1n) is 6.31. The predicted octanol–water partition coefficient (Wildman–Crippen LogP) is 3.15. The van der Waals surface area contributed by atoms with Crippen LogP contribution < -0.4 is 10.5 Å². The number of nitrogens with two attached hydrogens (primary N) is 1. The quantitative estimate of drug-likeness (QED) is 0.909. The van der Waals surface area contributed by atoms with E-state index in [9.17, 15) is 4.39 Å². The summed E-state index contributed by atoms with van der Waals surface area (Å²) >= 11 is 0. The first kappa shape index (κ1) is 14.1. The minimum atomic E-state index is -0.617. The maximum Gasteiger partial charge on any atom is 0.171 e. The number of furan rings is 1. The number of nitriles is 1. The summed E-state index contributed by atoms with van der Waals surface area (Å²) in [5, 5.41) is 9.01. The molecule has 1 aromatic heterocycles. The van der Waals surface area contributed by atoms with Gasteiger partial charge in [0.15, 0.2) is 6.10 Å². The fourth-order valence-electron chi connectivity index (χ4n) is 1.87. The zero-order valence-corrected chi connectivity index (χ0v) is 11.0. The Kier molecular flexibility index (Phi) is 4.38. The Hall–Kier alpha value is -2.32. The molecule has 2 atom stereocenters. The second-order valence-corrected chi connectivity index (χ2v) is 4.35. The van der Waals surface area contributed by atoms with Gasteiger partial charge in [0.2, 0.25) is 0 Å². The molecule has 0 aliphatic rings. The van der Waals surface area contributed by atoms with Crippen molar-refractivity contribution in [3.05, 3.63) is 53.7 Å². The number of rotatable bonds is 5. The third kappa shape index (κ3) is 2.81. The third-order valence-corrected chi connectivity index (χ3v) is 3.02. The lowest BCUT2D eigenvalue weighted by atomic mass is 10.1. The fraction of sp³-hybridized carbons (Fsp3) is 0.267. The number of nitrogens with zero attached hydrogens (tertiary/aromatic N) is 1. The molecule has 0 aliphatic heterocycles. The summed E-state index contributed by atoms with van der Waals surface area (Å²) in [7, 11) is 0. The van der Waals surface area contributed by atoms with Crippen molar-refractivity contribution >= 4 is 0 Å². The molecule has 2 aromatic rings. The van der Waals surface area contributed by atoms with Crippen LogP contribution in [0.2, 0.25) is 0 Å². The Bertz CT molecular complexity index is 605. The highest BCUT2D eigenvalue weighted by Gasteiger charge is 2.24. The highest BCUT2D eigenvalue weighted by Crippen LogP contribution is 2.29. The Balaban J connectivity index is 2.34. The monoisotopic (exact) mass is 274 g/mol. The van der Waals surface area contributed by atoms with Crippen LogP contribution in [0.25, 0.3) is 0 Å². The summed E-state index contributed by atoms with van der Waals surface area (Å²) in [6.45, 7) is 1.92. The lowest BCUT2D eigenvalue weighted by molar-refractivity contribution is 0.144. The molecule has 0 radical (unpaired) electrons. The van der Waals surface area contributed by atoms with E-state index >= 15 is 0 Å². The molecule has 2 unspecified atom stereocenters. The van der Waals surface area contributed by atoms with E-state index in [0.717, 1.165) is 0 Å².